The third kappa shape index (κ3) is 4.07. The van der Waals surface area contributed by atoms with Crippen LogP contribution in [0.15, 0.2) is 24.3 Å². The van der Waals surface area contributed by atoms with Crippen LogP contribution in [-0.2, 0) is 13.0 Å². The lowest BCUT2D eigenvalue weighted by atomic mass is 10.1. The zero-order valence-corrected chi connectivity index (χ0v) is 16.3. The van der Waals surface area contributed by atoms with Crippen LogP contribution in [0.2, 0.25) is 0 Å². The van der Waals surface area contributed by atoms with Crippen molar-refractivity contribution in [3.8, 4) is 5.69 Å². The smallest absolute Gasteiger partial charge is 0.137 e. The van der Waals surface area contributed by atoms with Gasteiger partial charge in [-0.15, -0.1) is 0 Å². The van der Waals surface area contributed by atoms with Crippen LogP contribution in [-0.4, -0.2) is 53.9 Å². The molecule has 1 aromatic heterocycles. The fraction of sp³-hybridized carbons (Fsp3) is 0.550. The fourth-order valence-corrected chi connectivity index (χ4v) is 3.36. The third-order valence-corrected chi connectivity index (χ3v) is 4.94. The summed E-state index contributed by atoms with van der Waals surface area (Å²) in [5, 5.41) is 8.45. The van der Waals surface area contributed by atoms with Gasteiger partial charge in [0, 0.05) is 44.3 Å². The number of nitrogens with zero attached hydrogens (tertiary/aromatic N) is 4. The second kappa shape index (κ2) is 8.18. The van der Waals surface area contributed by atoms with Gasteiger partial charge >= 0.3 is 0 Å². The minimum Gasteiger partial charge on any atom is -0.354 e. The molecule has 1 aliphatic heterocycles. The van der Waals surface area contributed by atoms with Crippen molar-refractivity contribution in [1.82, 2.24) is 20.0 Å². The highest BCUT2D eigenvalue weighted by atomic mass is 19.1. The number of nitrogens with one attached hydrogen (secondary N) is 1. The quantitative estimate of drug-likeness (QED) is 0.860. The average Bonchev–Trinajstić information content (AvgIpc) is 3.00. The van der Waals surface area contributed by atoms with Crippen molar-refractivity contribution in [3.05, 3.63) is 41.3 Å². The molecule has 26 heavy (non-hydrogen) atoms. The van der Waals surface area contributed by atoms with Crippen molar-refractivity contribution in [3.63, 3.8) is 0 Å². The van der Waals surface area contributed by atoms with Crippen molar-refractivity contribution < 1.29 is 4.39 Å². The van der Waals surface area contributed by atoms with Crippen LogP contribution in [0.3, 0.4) is 0 Å². The summed E-state index contributed by atoms with van der Waals surface area (Å²) < 4.78 is 15.4. The van der Waals surface area contributed by atoms with E-state index in [4.69, 9.17) is 5.10 Å². The van der Waals surface area contributed by atoms with E-state index in [1.54, 1.807) is 12.1 Å². The molecule has 0 atom stereocenters. The highest BCUT2D eigenvalue weighted by Crippen LogP contribution is 2.29. The molecule has 6 heteroatoms. The van der Waals surface area contributed by atoms with Gasteiger partial charge in [-0.05, 0) is 37.7 Å². The van der Waals surface area contributed by atoms with Crippen LogP contribution in [0, 0.1) is 5.82 Å². The van der Waals surface area contributed by atoms with Crippen molar-refractivity contribution in [2.24, 2.45) is 0 Å². The second-order valence-corrected chi connectivity index (χ2v) is 7.32. The number of hydrogen-bond donors (Lipinski definition) is 1. The number of halogens is 1. The summed E-state index contributed by atoms with van der Waals surface area (Å²) in [6.45, 7) is 11.3. The molecule has 142 valence electrons. The van der Waals surface area contributed by atoms with Gasteiger partial charge < -0.3 is 15.1 Å². The van der Waals surface area contributed by atoms with E-state index in [1.807, 2.05) is 4.68 Å². The summed E-state index contributed by atoms with van der Waals surface area (Å²) in [5.74, 6) is 0.925. The maximum absolute atomic E-state index is 13.4. The number of piperazine rings is 1. The monoisotopic (exact) mass is 359 g/mol. The van der Waals surface area contributed by atoms with Gasteiger partial charge in [0.15, 0.2) is 0 Å². The van der Waals surface area contributed by atoms with Crippen LogP contribution in [0.4, 0.5) is 10.2 Å². The molecule has 1 aliphatic rings. The van der Waals surface area contributed by atoms with Gasteiger partial charge in [-0.2, -0.15) is 5.10 Å². The van der Waals surface area contributed by atoms with E-state index >= 15 is 0 Å². The Labute approximate surface area is 155 Å². The number of aryl methyl sites for hydroxylation is 1. The van der Waals surface area contributed by atoms with E-state index in [9.17, 15) is 4.39 Å². The Morgan fingerprint density at radius 1 is 1.12 bits per heavy atom. The fourth-order valence-electron chi connectivity index (χ4n) is 3.36. The first-order valence-corrected chi connectivity index (χ1v) is 9.53. The van der Waals surface area contributed by atoms with Crippen LogP contribution >= 0.6 is 0 Å². The normalized spacial score (nSPS) is 15.8. The van der Waals surface area contributed by atoms with E-state index in [1.165, 1.54) is 17.7 Å². The summed E-state index contributed by atoms with van der Waals surface area (Å²) in [4.78, 5) is 4.77. The molecule has 0 bridgehead atoms. The first kappa shape index (κ1) is 18.9. The molecule has 0 radical (unpaired) electrons. The molecule has 2 aromatic rings. The molecular weight excluding hydrogens is 329 g/mol. The maximum Gasteiger partial charge on any atom is 0.137 e. The topological polar surface area (TPSA) is 36.3 Å². The summed E-state index contributed by atoms with van der Waals surface area (Å²) in [5.41, 5.74) is 3.28. The molecule has 1 N–H and O–H groups in total. The van der Waals surface area contributed by atoms with Gasteiger partial charge in [-0.1, -0.05) is 20.8 Å². The Morgan fingerprint density at radius 3 is 2.35 bits per heavy atom. The van der Waals surface area contributed by atoms with E-state index in [2.05, 4.69) is 42.9 Å². The molecule has 0 saturated carbocycles. The summed E-state index contributed by atoms with van der Waals surface area (Å²) in [6, 6.07) is 7.03. The molecule has 5 nitrogen and oxygen atoms in total. The molecule has 1 fully saturated rings. The number of anilines is 1. The van der Waals surface area contributed by atoms with E-state index in [-0.39, 0.29) is 5.82 Å². The maximum atomic E-state index is 13.4. The Bertz CT molecular complexity index is 715. The van der Waals surface area contributed by atoms with Gasteiger partial charge in [0.25, 0.3) is 0 Å². The Morgan fingerprint density at radius 2 is 1.77 bits per heavy atom. The second-order valence-electron chi connectivity index (χ2n) is 7.32. The molecule has 1 saturated heterocycles. The van der Waals surface area contributed by atoms with Gasteiger partial charge in [0.1, 0.15) is 11.6 Å². The minimum atomic E-state index is -0.223. The van der Waals surface area contributed by atoms with E-state index in [0.29, 0.717) is 6.04 Å². The SMILES string of the molecule is CCc1nn(-c2ccc(F)cc2)c(N2CCN(C)CC2)c1CNC(C)C. The highest BCUT2D eigenvalue weighted by Gasteiger charge is 2.25. The number of aromatic nitrogens is 2. The standard InChI is InChI=1S/C20H30FN5/c1-5-19-18(14-22-15(2)3)20(25-12-10-24(4)11-13-25)26(23-19)17-8-6-16(21)7-9-17/h6-9,15,22H,5,10-14H2,1-4H3. The highest BCUT2D eigenvalue weighted by molar-refractivity contribution is 5.56. The predicted molar refractivity (Wildman–Crippen MR) is 105 cm³/mol. The Balaban J connectivity index is 2.05. The lowest BCUT2D eigenvalue weighted by molar-refractivity contribution is 0.311. The molecular formula is C20H30FN5. The molecule has 0 spiro atoms. The molecule has 1 aromatic carbocycles. The van der Waals surface area contributed by atoms with Crippen LogP contribution in [0.25, 0.3) is 5.69 Å². The lowest BCUT2D eigenvalue weighted by Crippen LogP contribution is -2.45. The van der Waals surface area contributed by atoms with Crippen molar-refractivity contribution >= 4 is 5.82 Å². The van der Waals surface area contributed by atoms with E-state index < -0.39 is 0 Å². The first-order chi connectivity index (χ1) is 12.5. The number of hydrogen-bond acceptors (Lipinski definition) is 4. The van der Waals surface area contributed by atoms with Crippen LogP contribution < -0.4 is 10.2 Å². The zero-order chi connectivity index (χ0) is 18.7. The summed E-state index contributed by atoms with van der Waals surface area (Å²) in [7, 11) is 2.16. The van der Waals surface area contributed by atoms with Crippen LogP contribution in [0.1, 0.15) is 32.0 Å². The Hall–Kier alpha value is -1.92. The van der Waals surface area contributed by atoms with Gasteiger partial charge in [-0.3, -0.25) is 0 Å². The van der Waals surface area contributed by atoms with Gasteiger partial charge in [-0.25, -0.2) is 9.07 Å². The average molecular weight is 359 g/mol. The molecule has 2 heterocycles. The summed E-state index contributed by atoms with van der Waals surface area (Å²) in [6.07, 6.45) is 0.879. The number of likely N-dealkylation sites (N-methyl/N-ethyl adjacent to an activating group) is 1. The van der Waals surface area contributed by atoms with E-state index in [0.717, 1.165) is 56.3 Å². The number of benzene rings is 1. The van der Waals surface area contributed by atoms with Crippen molar-refractivity contribution in [2.45, 2.75) is 39.8 Å². The lowest BCUT2D eigenvalue weighted by Gasteiger charge is -2.35. The molecule has 0 unspecified atom stereocenters. The minimum absolute atomic E-state index is 0.223. The first-order valence-electron chi connectivity index (χ1n) is 9.53. The number of rotatable bonds is 6. The molecule has 0 aliphatic carbocycles. The largest absolute Gasteiger partial charge is 0.354 e. The van der Waals surface area contributed by atoms with Gasteiger partial charge in [0.2, 0.25) is 0 Å². The zero-order valence-electron chi connectivity index (χ0n) is 16.3. The third-order valence-electron chi connectivity index (χ3n) is 4.94. The van der Waals surface area contributed by atoms with Gasteiger partial charge in [0.05, 0.1) is 11.4 Å². The van der Waals surface area contributed by atoms with Crippen LogP contribution in [0.5, 0.6) is 0 Å². The van der Waals surface area contributed by atoms with Crippen molar-refractivity contribution in [2.75, 3.05) is 38.1 Å². The predicted octanol–water partition coefficient (Wildman–Crippen LogP) is 2.82. The molecule has 3 rings (SSSR count). The summed E-state index contributed by atoms with van der Waals surface area (Å²) >= 11 is 0. The molecule has 0 amide bonds. The Kier molecular flexibility index (Phi) is 5.94. The van der Waals surface area contributed by atoms with Crippen molar-refractivity contribution in [1.29, 1.82) is 0 Å².